The van der Waals surface area contributed by atoms with Crippen LogP contribution in [0.1, 0.15) is 75.8 Å². The molecular weight excluding hydrogens is 1100 g/mol. The van der Waals surface area contributed by atoms with Crippen LogP contribution in [0.5, 0.6) is 0 Å². The summed E-state index contributed by atoms with van der Waals surface area (Å²) in [6, 6.07) is 54.0. The molecule has 69 heavy (non-hydrogen) atoms. The van der Waals surface area contributed by atoms with Crippen molar-refractivity contribution >= 4 is 82.3 Å². The van der Waals surface area contributed by atoms with E-state index >= 15 is 0 Å². The number of rotatable bonds is 9. The van der Waals surface area contributed by atoms with Crippen LogP contribution in [0, 0.1) is 25.0 Å². The summed E-state index contributed by atoms with van der Waals surface area (Å²) < 4.78 is 11.3. The summed E-state index contributed by atoms with van der Waals surface area (Å²) in [4.78, 5) is 16.1. The first-order valence-electron chi connectivity index (χ1n) is 24.0. The fourth-order valence-corrected chi connectivity index (χ4v) is 14.3. The standard InChI is InChI=1S/C37H32N3S.C24H26GeNO.Ir/c1-22(2)30-20-26(25-12-7-6-8-13-25)21-31(23(3)4)34(30)40-33-17-10-9-16-32(33)39-36(40)29-15-11-14-27-28-19-18-24(5)38-37(28)41-35(27)29;1-16(2)13-17-14-22(26-15-21(17)25(3,4)5)20-11-8-10-19-18-9-6-7-12-23(18)27-24(19)20;/h6-14,16-23H,1-5H3;6-10,12,14-16H,13H2,1-5H3;/q2*-1;. The van der Waals surface area contributed by atoms with Crippen molar-refractivity contribution in [2.75, 3.05) is 0 Å². The van der Waals surface area contributed by atoms with E-state index in [-0.39, 0.29) is 20.1 Å². The van der Waals surface area contributed by atoms with Gasteiger partial charge in [-0.1, -0.05) is 87.2 Å². The number of para-hydroxylation sites is 3. The monoisotopic (exact) mass is 1160 g/mol. The summed E-state index contributed by atoms with van der Waals surface area (Å²) in [5.74, 6) is 9.49. The van der Waals surface area contributed by atoms with Gasteiger partial charge in [0.1, 0.15) is 4.83 Å². The van der Waals surface area contributed by atoms with Gasteiger partial charge < -0.3 is 4.57 Å². The van der Waals surface area contributed by atoms with Crippen LogP contribution in [0.4, 0.5) is 0 Å². The first-order valence-corrected chi connectivity index (χ1v) is 32.1. The molecule has 0 unspecified atom stereocenters. The molecule has 6 aromatic carbocycles. The molecule has 0 atom stereocenters. The summed E-state index contributed by atoms with van der Waals surface area (Å²) in [6.07, 6.45) is 3.21. The fourth-order valence-electron chi connectivity index (χ4n) is 9.72. The zero-order chi connectivity index (χ0) is 47.4. The normalized spacial score (nSPS) is 12.0. The van der Waals surface area contributed by atoms with Gasteiger partial charge in [-0.25, -0.2) is 4.98 Å². The number of hydrogen-bond acceptors (Lipinski definition) is 5. The summed E-state index contributed by atoms with van der Waals surface area (Å²) in [5, 5.41) is 4.67. The van der Waals surface area contributed by atoms with Gasteiger partial charge in [0.15, 0.2) is 0 Å². The van der Waals surface area contributed by atoms with Crippen LogP contribution in [0.2, 0.25) is 17.3 Å². The van der Waals surface area contributed by atoms with Gasteiger partial charge in [-0.15, -0.1) is 18.2 Å². The molecule has 0 aliphatic heterocycles. The van der Waals surface area contributed by atoms with E-state index in [0.717, 1.165) is 72.6 Å². The molecule has 5 nitrogen and oxygen atoms in total. The number of hydrogen-bond donors (Lipinski definition) is 0. The SMILES string of the molecule is CC(C)Cc1cc(-c2[c-]ccc3c2oc2ccccc23)nc[c]1[Ge]([CH3])([CH3])[CH3].Cc1ccc2c(n1)sc1c(-c3nc4ccccc4n3-c3c(C(C)C)cc(-c4ccccc4)cc3C(C)C)[c-]ccc12.[Ir]. The van der Waals surface area contributed by atoms with Gasteiger partial charge in [0.25, 0.3) is 0 Å². The van der Waals surface area contributed by atoms with Crippen LogP contribution in [0.15, 0.2) is 144 Å². The Kier molecular flexibility index (Phi) is 13.7. The molecule has 5 heterocycles. The number of fused-ring (bicyclic) bond motifs is 7. The molecular formula is C61H58GeIrN4OS-2. The molecule has 5 aromatic heterocycles. The molecule has 0 saturated heterocycles. The van der Waals surface area contributed by atoms with Crippen LogP contribution >= 0.6 is 11.3 Å². The molecule has 0 aliphatic carbocycles. The average Bonchev–Trinajstić information content (AvgIpc) is 4.02. The smallest absolute Gasteiger partial charge is 0.113 e. The number of aromatic nitrogens is 4. The minimum Gasteiger partial charge on any atom is -0.333 e. The second-order valence-corrected chi connectivity index (χ2v) is 31.8. The molecule has 0 aliphatic rings. The molecule has 0 fully saturated rings. The van der Waals surface area contributed by atoms with E-state index in [0.29, 0.717) is 17.8 Å². The van der Waals surface area contributed by atoms with Crippen LogP contribution < -0.4 is 4.40 Å². The quantitative estimate of drug-likeness (QED) is 0.107. The van der Waals surface area contributed by atoms with Gasteiger partial charge in [0.05, 0.1) is 16.9 Å². The number of imidazole rings is 1. The largest absolute Gasteiger partial charge is 0.333 e. The fraction of sp³-hybridized carbons (Fsp3) is 0.230. The molecule has 349 valence electrons. The van der Waals surface area contributed by atoms with E-state index in [2.05, 4.69) is 198 Å². The second kappa shape index (κ2) is 19.6. The topological polar surface area (TPSA) is 56.7 Å². The Labute approximate surface area is 426 Å². The van der Waals surface area contributed by atoms with E-state index in [1.165, 1.54) is 53.4 Å². The number of furan rings is 1. The molecule has 0 amide bonds. The van der Waals surface area contributed by atoms with Gasteiger partial charge in [0.2, 0.25) is 0 Å². The van der Waals surface area contributed by atoms with E-state index in [1.807, 2.05) is 24.3 Å². The molecule has 0 spiro atoms. The van der Waals surface area contributed by atoms with Crippen molar-refractivity contribution in [3.63, 3.8) is 0 Å². The minimum atomic E-state index is -1.98. The van der Waals surface area contributed by atoms with Crippen molar-refractivity contribution in [2.24, 2.45) is 5.92 Å². The maximum atomic E-state index is 6.20. The number of pyridine rings is 2. The zero-order valence-corrected chi connectivity index (χ0v) is 46.5. The third-order valence-corrected chi connectivity index (χ3v) is 18.5. The van der Waals surface area contributed by atoms with Crippen LogP contribution in [0.25, 0.3) is 92.7 Å². The third kappa shape index (κ3) is 9.27. The molecule has 11 aromatic rings. The number of benzene rings is 6. The molecule has 11 rings (SSSR count). The number of thiophene rings is 1. The van der Waals surface area contributed by atoms with E-state index < -0.39 is 13.3 Å². The Morgan fingerprint density at radius 3 is 2.04 bits per heavy atom. The Morgan fingerprint density at radius 1 is 0.667 bits per heavy atom. The van der Waals surface area contributed by atoms with Gasteiger partial charge in [0, 0.05) is 31.5 Å². The molecule has 1 radical (unpaired) electrons. The molecule has 0 N–H and O–H groups in total. The molecule has 8 heteroatoms. The number of aryl methyl sites for hydroxylation is 1. The minimum absolute atomic E-state index is 0. The Morgan fingerprint density at radius 2 is 1.33 bits per heavy atom. The Hall–Kier alpha value is -5.70. The zero-order valence-electron chi connectivity index (χ0n) is 41.2. The first kappa shape index (κ1) is 48.3. The molecule has 0 bridgehead atoms. The van der Waals surface area contributed by atoms with Gasteiger partial charge in [-0.3, -0.25) is 4.98 Å². The first-order chi connectivity index (χ1) is 32.7. The van der Waals surface area contributed by atoms with Crippen molar-refractivity contribution in [1.82, 2.24) is 19.5 Å². The van der Waals surface area contributed by atoms with E-state index in [1.54, 1.807) is 11.3 Å². The van der Waals surface area contributed by atoms with Gasteiger partial charge in [-0.05, 0) is 81.4 Å². The number of nitrogens with zero attached hydrogens (tertiary/aromatic N) is 4. The Bertz CT molecular complexity index is 3620. The van der Waals surface area contributed by atoms with Gasteiger partial charge in [-0.2, -0.15) is 11.3 Å². The van der Waals surface area contributed by atoms with Crippen LogP contribution in [-0.2, 0) is 26.5 Å². The van der Waals surface area contributed by atoms with Crippen molar-refractivity contribution < 1.29 is 24.5 Å². The van der Waals surface area contributed by atoms with Crippen molar-refractivity contribution in [3.8, 4) is 39.5 Å². The summed E-state index contributed by atoms with van der Waals surface area (Å²) in [5.41, 5.74) is 15.7. The van der Waals surface area contributed by atoms with Gasteiger partial charge >= 0.3 is 164 Å². The predicted octanol–water partition coefficient (Wildman–Crippen LogP) is 16.7. The van der Waals surface area contributed by atoms with Crippen LogP contribution in [-0.4, -0.2) is 32.8 Å². The van der Waals surface area contributed by atoms with Crippen LogP contribution in [0.3, 0.4) is 0 Å². The third-order valence-electron chi connectivity index (χ3n) is 13.0. The Balaban J connectivity index is 0.000000184. The second-order valence-electron chi connectivity index (χ2n) is 20.2. The average molecular weight is 1160 g/mol. The molecule has 0 saturated carbocycles. The summed E-state index contributed by atoms with van der Waals surface area (Å²) in [6.45, 7) is 15.8. The van der Waals surface area contributed by atoms with Crippen molar-refractivity contribution in [1.29, 1.82) is 0 Å². The summed E-state index contributed by atoms with van der Waals surface area (Å²) >= 11 is -0.240. The van der Waals surface area contributed by atoms with E-state index in [9.17, 15) is 0 Å². The van der Waals surface area contributed by atoms with Crippen molar-refractivity contribution in [2.45, 2.75) is 84.0 Å². The maximum absolute atomic E-state index is 6.20. The predicted molar refractivity (Wildman–Crippen MR) is 292 cm³/mol. The van der Waals surface area contributed by atoms with E-state index in [4.69, 9.17) is 19.4 Å². The maximum Gasteiger partial charge on any atom is 0.113 e. The summed E-state index contributed by atoms with van der Waals surface area (Å²) in [7, 11) is 0. The van der Waals surface area contributed by atoms with Crippen molar-refractivity contribution in [3.05, 3.63) is 174 Å².